The van der Waals surface area contributed by atoms with E-state index in [1.165, 1.54) is 48.8 Å². The molecule has 0 radical (unpaired) electrons. The van der Waals surface area contributed by atoms with E-state index in [0.29, 0.717) is 44.6 Å². The fourth-order valence-corrected chi connectivity index (χ4v) is 4.37. The van der Waals surface area contributed by atoms with Gasteiger partial charge in [-0.2, -0.15) is 0 Å². The highest BCUT2D eigenvalue weighted by atomic mass is 16.4. The third-order valence-corrected chi connectivity index (χ3v) is 6.43. The van der Waals surface area contributed by atoms with Gasteiger partial charge in [0.25, 0.3) is 0 Å². The molecule has 4 heterocycles. The molecule has 4 N–H and O–H groups in total. The first-order valence-corrected chi connectivity index (χ1v) is 12.8. The van der Waals surface area contributed by atoms with E-state index < -0.39 is 23.9 Å². The zero-order valence-corrected chi connectivity index (χ0v) is 22.4. The second-order valence-electron chi connectivity index (χ2n) is 9.22. The van der Waals surface area contributed by atoms with Gasteiger partial charge in [0.2, 0.25) is 0 Å². The summed E-state index contributed by atoms with van der Waals surface area (Å²) in [6, 6.07) is 22.1. The predicted octanol–water partition coefficient (Wildman–Crippen LogP) is 5.39. The first-order valence-electron chi connectivity index (χ1n) is 12.8. The van der Waals surface area contributed by atoms with Crippen LogP contribution >= 0.6 is 0 Å². The highest BCUT2D eigenvalue weighted by Gasteiger charge is 2.17. The molecular formula is C32H20N4O8. The van der Waals surface area contributed by atoms with E-state index in [1.807, 2.05) is 0 Å². The lowest BCUT2D eigenvalue weighted by Gasteiger charge is -2.09. The van der Waals surface area contributed by atoms with Crippen molar-refractivity contribution >= 4 is 45.7 Å². The number of aromatic nitrogens is 4. The highest BCUT2D eigenvalue weighted by molar-refractivity contribution is 6.05. The molecule has 2 aromatic carbocycles. The minimum atomic E-state index is -1.08. The van der Waals surface area contributed by atoms with Crippen molar-refractivity contribution in [3.63, 3.8) is 0 Å². The molecular weight excluding hydrogens is 568 g/mol. The third kappa shape index (κ3) is 6.04. The molecule has 0 aliphatic carbocycles. The number of carboxylic acid groups (broad SMARTS) is 4. The summed E-state index contributed by atoms with van der Waals surface area (Å²) in [7, 11) is 0. The molecule has 44 heavy (non-hydrogen) atoms. The second kappa shape index (κ2) is 12.1. The van der Waals surface area contributed by atoms with Crippen LogP contribution in [-0.2, 0) is 0 Å². The fourth-order valence-electron chi connectivity index (χ4n) is 4.37. The van der Waals surface area contributed by atoms with Gasteiger partial charge >= 0.3 is 23.9 Å². The lowest BCUT2D eigenvalue weighted by Crippen LogP contribution is -2.03. The van der Waals surface area contributed by atoms with Crippen LogP contribution in [0.15, 0.2) is 97.3 Å². The van der Waals surface area contributed by atoms with Crippen molar-refractivity contribution in [2.45, 2.75) is 0 Å². The van der Waals surface area contributed by atoms with Crippen LogP contribution in [-0.4, -0.2) is 64.2 Å². The van der Waals surface area contributed by atoms with Gasteiger partial charge in [0.05, 0.1) is 56.1 Å². The van der Waals surface area contributed by atoms with Crippen LogP contribution in [0.3, 0.4) is 0 Å². The van der Waals surface area contributed by atoms with Gasteiger partial charge in [0.1, 0.15) is 0 Å². The van der Waals surface area contributed by atoms with E-state index in [0.717, 1.165) is 0 Å². The Morgan fingerprint density at radius 3 is 1.20 bits per heavy atom. The number of nitrogens with zero attached hydrogens (tertiary/aromatic N) is 4. The molecule has 0 fully saturated rings. The topological polar surface area (TPSA) is 201 Å². The van der Waals surface area contributed by atoms with Crippen molar-refractivity contribution in [1.29, 1.82) is 0 Å². The highest BCUT2D eigenvalue weighted by Crippen LogP contribution is 2.27. The molecule has 0 aliphatic heterocycles. The van der Waals surface area contributed by atoms with Gasteiger partial charge in [-0.15, -0.1) is 0 Å². The van der Waals surface area contributed by atoms with Crippen molar-refractivity contribution in [3.8, 4) is 22.8 Å². The van der Waals surface area contributed by atoms with Gasteiger partial charge in [-0.25, -0.2) is 29.1 Å². The van der Waals surface area contributed by atoms with Gasteiger partial charge < -0.3 is 20.4 Å². The van der Waals surface area contributed by atoms with Crippen LogP contribution in [0.4, 0.5) is 0 Å². The molecule has 0 bridgehead atoms. The molecule has 0 aliphatic rings. The monoisotopic (exact) mass is 588 g/mol. The number of fused-ring (bicyclic) bond motifs is 2. The Bertz CT molecular complexity index is 1960. The van der Waals surface area contributed by atoms with Crippen molar-refractivity contribution in [3.05, 3.63) is 120 Å². The van der Waals surface area contributed by atoms with Gasteiger partial charge in [-0.05, 0) is 48.5 Å². The lowest BCUT2D eigenvalue weighted by molar-refractivity contribution is 0.0686. The molecule has 6 aromatic rings. The minimum absolute atomic E-state index is 0.0718. The van der Waals surface area contributed by atoms with E-state index >= 15 is 0 Å². The molecule has 4 aromatic heterocycles. The van der Waals surface area contributed by atoms with E-state index in [4.69, 9.17) is 10.2 Å². The van der Waals surface area contributed by atoms with Crippen molar-refractivity contribution < 1.29 is 39.6 Å². The summed E-state index contributed by atoms with van der Waals surface area (Å²) >= 11 is 0. The molecule has 0 spiro atoms. The van der Waals surface area contributed by atoms with Crippen LogP contribution in [0, 0.1) is 0 Å². The van der Waals surface area contributed by atoms with Crippen LogP contribution < -0.4 is 0 Å². The summed E-state index contributed by atoms with van der Waals surface area (Å²) in [6.45, 7) is 0. The van der Waals surface area contributed by atoms with E-state index in [1.54, 1.807) is 48.5 Å². The van der Waals surface area contributed by atoms with E-state index in [9.17, 15) is 29.4 Å². The summed E-state index contributed by atoms with van der Waals surface area (Å²) in [5.74, 6) is -4.31. The normalized spacial score (nSPS) is 10.5. The Hall–Kier alpha value is -6.56. The Balaban J connectivity index is 0.000000187. The standard InChI is InChI=1S/C20H12N2O4.C12H8N2O4/c23-19(24)13-9-17(21-15-7-3-1-5-11(13)15)18-10-14(20(25)26)12-6-2-4-8-16(12)22-18;15-11(16)7-1-3-13-9(5-7)10-6-8(12(17)18)2-4-14-10/h1-10H,(H,23,24)(H,25,26);1-6H,(H,15,16)(H,17,18). The van der Waals surface area contributed by atoms with Gasteiger partial charge in [-0.3, -0.25) is 9.97 Å². The quantitative estimate of drug-likeness (QED) is 0.194. The SMILES string of the molecule is O=C(O)c1cc(-c2cc(C(=O)O)c3ccccc3n2)nc2ccccc12.O=C(O)c1ccnc(-c2cc(C(=O)O)ccn2)c1. The first kappa shape index (κ1) is 29.0. The van der Waals surface area contributed by atoms with E-state index in [-0.39, 0.29) is 22.3 Å². The zero-order chi connectivity index (χ0) is 31.4. The molecule has 0 atom stereocenters. The number of rotatable bonds is 6. The Kier molecular flexibility index (Phi) is 7.98. The largest absolute Gasteiger partial charge is 0.478 e. The van der Waals surface area contributed by atoms with Gasteiger partial charge in [-0.1, -0.05) is 36.4 Å². The van der Waals surface area contributed by atoms with Crippen molar-refractivity contribution in [1.82, 2.24) is 19.9 Å². The first-order chi connectivity index (χ1) is 21.1. The number of carbonyl (C=O) groups is 4. The Morgan fingerprint density at radius 2 is 0.841 bits per heavy atom. The number of hydrogen-bond acceptors (Lipinski definition) is 8. The number of para-hydroxylation sites is 2. The summed E-state index contributed by atoms with van der Waals surface area (Å²) < 4.78 is 0. The summed E-state index contributed by atoms with van der Waals surface area (Å²) in [5, 5.41) is 37.8. The van der Waals surface area contributed by atoms with Crippen molar-refractivity contribution in [2.75, 3.05) is 0 Å². The summed E-state index contributed by atoms with van der Waals surface area (Å²) in [5.41, 5.74) is 2.61. The number of aromatic carboxylic acids is 4. The zero-order valence-electron chi connectivity index (χ0n) is 22.4. The molecule has 0 saturated carbocycles. The second-order valence-corrected chi connectivity index (χ2v) is 9.22. The average Bonchev–Trinajstić information content (AvgIpc) is 3.04. The minimum Gasteiger partial charge on any atom is -0.478 e. The smallest absolute Gasteiger partial charge is 0.336 e. The van der Waals surface area contributed by atoms with Crippen LogP contribution in [0.25, 0.3) is 44.6 Å². The summed E-state index contributed by atoms with van der Waals surface area (Å²) in [4.78, 5) is 61.8. The molecule has 216 valence electrons. The maximum absolute atomic E-state index is 11.6. The predicted molar refractivity (Wildman–Crippen MR) is 158 cm³/mol. The molecule has 0 saturated heterocycles. The maximum atomic E-state index is 11.6. The Labute approximate surface area is 247 Å². The van der Waals surface area contributed by atoms with E-state index in [2.05, 4.69) is 19.9 Å². The molecule has 6 rings (SSSR count). The maximum Gasteiger partial charge on any atom is 0.336 e. The van der Waals surface area contributed by atoms with Crippen LogP contribution in [0.2, 0.25) is 0 Å². The number of hydrogen-bond donors (Lipinski definition) is 4. The van der Waals surface area contributed by atoms with Crippen LogP contribution in [0.1, 0.15) is 41.4 Å². The summed E-state index contributed by atoms with van der Waals surface area (Å²) in [6.07, 6.45) is 2.68. The molecule has 12 heteroatoms. The van der Waals surface area contributed by atoms with Crippen molar-refractivity contribution in [2.24, 2.45) is 0 Å². The van der Waals surface area contributed by atoms with Gasteiger partial charge in [0, 0.05) is 23.2 Å². The van der Waals surface area contributed by atoms with Gasteiger partial charge in [0.15, 0.2) is 0 Å². The molecule has 12 nitrogen and oxygen atoms in total. The number of carboxylic acids is 4. The molecule has 0 amide bonds. The average molecular weight is 589 g/mol. The molecule has 0 unspecified atom stereocenters. The lowest BCUT2D eigenvalue weighted by atomic mass is 10.0. The van der Waals surface area contributed by atoms with Crippen LogP contribution in [0.5, 0.6) is 0 Å². The fraction of sp³-hybridized carbons (Fsp3) is 0. The Morgan fingerprint density at radius 1 is 0.455 bits per heavy atom. The third-order valence-electron chi connectivity index (χ3n) is 6.43. The number of pyridine rings is 4. The number of benzene rings is 2.